The van der Waals surface area contributed by atoms with Crippen LogP contribution < -0.4 is 11.5 Å². The number of aromatic nitrogens is 1. The molecule has 0 atom stereocenters. The van der Waals surface area contributed by atoms with Gasteiger partial charge in [-0.25, -0.2) is 4.98 Å². The van der Waals surface area contributed by atoms with Crippen molar-refractivity contribution >= 4 is 23.5 Å². The normalized spacial score (nSPS) is 10.2. The number of carbonyl (C=O) groups is 1. The smallest absolute Gasteiger partial charge is 0.248 e. The van der Waals surface area contributed by atoms with Gasteiger partial charge >= 0.3 is 0 Å². The molecule has 0 fully saturated rings. The third kappa shape index (κ3) is 3.24. The van der Waals surface area contributed by atoms with Crippen LogP contribution in [0.1, 0.15) is 15.9 Å². The average Bonchev–Trinajstić information content (AvgIpc) is 2.38. The number of hydrogen-bond donors (Lipinski definition) is 2. The molecule has 0 spiro atoms. The van der Waals surface area contributed by atoms with E-state index >= 15 is 0 Å². The number of amides is 1. The van der Waals surface area contributed by atoms with Crippen LogP contribution in [0.15, 0.2) is 47.5 Å². The lowest BCUT2D eigenvalue weighted by Gasteiger charge is -2.03. The van der Waals surface area contributed by atoms with E-state index in [2.05, 4.69) is 4.98 Å². The number of nitrogens with two attached hydrogens (primary N) is 2. The van der Waals surface area contributed by atoms with Crippen LogP contribution in [0, 0.1) is 0 Å². The molecule has 0 bridgehead atoms. The molecular formula is C13H13N3OS. The largest absolute Gasteiger partial charge is 0.384 e. The maximum atomic E-state index is 11.1. The van der Waals surface area contributed by atoms with Crippen molar-refractivity contribution < 1.29 is 4.79 Å². The summed E-state index contributed by atoms with van der Waals surface area (Å²) < 4.78 is 0. The molecule has 5 heteroatoms. The molecule has 0 radical (unpaired) electrons. The number of anilines is 1. The number of primary amides is 1. The first-order valence-corrected chi connectivity index (χ1v) is 6.37. The molecular weight excluding hydrogens is 246 g/mol. The van der Waals surface area contributed by atoms with Gasteiger partial charge in [-0.15, -0.1) is 11.8 Å². The Morgan fingerprint density at radius 1 is 1.28 bits per heavy atom. The lowest BCUT2D eigenvalue weighted by atomic mass is 10.1. The van der Waals surface area contributed by atoms with Gasteiger partial charge in [0.25, 0.3) is 0 Å². The molecule has 2 rings (SSSR count). The molecule has 18 heavy (non-hydrogen) atoms. The molecule has 2 aromatic rings. The van der Waals surface area contributed by atoms with Crippen molar-refractivity contribution in [2.24, 2.45) is 5.73 Å². The number of thioether (sulfide) groups is 1. The quantitative estimate of drug-likeness (QED) is 0.823. The summed E-state index contributed by atoms with van der Waals surface area (Å²) in [7, 11) is 0. The lowest BCUT2D eigenvalue weighted by molar-refractivity contribution is 0.1000. The van der Waals surface area contributed by atoms with Crippen molar-refractivity contribution in [3.63, 3.8) is 0 Å². The van der Waals surface area contributed by atoms with Gasteiger partial charge in [0.05, 0.1) is 0 Å². The molecule has 1 heterocycles. The number of benzene rings is 1. The van der Waals surface area contributed by atoms with Crippen LogP contribution in [0.4, 0.5) is 5.82 Å². The average molecular weight is 259 g/mol. The molecule has 1 amide bonds. The summed E-state index contributed by atoms with van der Waals surface area (Å²) in [6, 6.07) is 11.0. The molecule has 0 aliphatic carbocycles. The number of nitrogens with zero attached hydrogens (tertiary/aromatic N) is 1. The van der Waals surface area contributed by atoms with Gasteiger partial charge < -0.3 is 11.5 Å². The van der Waals surface area contributed by atoms with Crippen LogP contribution in [0.25, 0.3) is 0 Å². The van der Waals surface area contributed by atoms with E-state index in [1.807, 2.05) is 18.2 Å². The topological polar surface area (TPSA) is 82.0 Å². The van der Waals surface area contributed by atoms with Gasteiger partial charge in [-0.3, -0.25) is 4.79 Å². The summed E-state index contributed by atoms with van der Waals surface area (Å²) in [6.07, 6.45) is 1.73. The second-order valence-corrected chi connectivity index (χ2v) is 4.82. The van der Waals surface area contributed by atoms with E-state index in [9.17, 15) is 4.79 Å². The summed E-state index contributed by atoms with van der Waals surface area (Å²) >= 11 is 1.63. The highest BCUT2D eigenvalue weighted by Crippen LogP contribution is 2.22. The van der Waals surface area contributed by atoms with Crippen molar-refractivity contribution in [1.82, 2.24) is 4.98 Å². The molecule has 92 valence electrons. The third-order valence-electron chi connectivity index (χ3n) is 2.38. The van der Waals surface area contributed by atoms with Gasteiger partial charge in [-0.05, 0) is 29.8 Å². The van der Waals surface area contributed by atoms with Gasteiger partial charge in [0.2, 0.25) is 5.91 Å². The monoisotopic (exact) mass is 259 g/mol. The van der Waals surface area contributed by atoms with Gasteiger partial charge in [0.15, 0.2) is 0 Å². The minimum Gasteiger partial charge on any atom is -0.384 e. The molecule has 0 unspecified atom stereocenters. The first kappa shape index (κ1) is 12.4. The standard InChI is InChI=1S/C13H13N3OS/c14-12-5-4-11(7-16-12)18-8-9-2-1-3-10(6-9)13(15)17/h1-7H,8H2,(H2,14,16)(H2,15,17). The van der Waals surface area contributed by atoms with Gasteiger partial charge in [0, 0.05) is 22.4 Å². The third-order valence-corrected chi connectivity index (χ3v) is 3.43. The molecule has 4 N–H and O–H groups in total. The molecule has 4 nitrogen and oxygen atoms in total. The van der Waals surface area contributed by atoms with Crippen LogP contribution in [0.5, 0.6) is 0 Å². The van der Waals surface area contributed by atoms with Crippen molar-refractivity contribution in [3.05, 3.63) is 53.7 Å². The zero-order chi connectivity index (χ0) is 13.0. The van der Waals surface area contributed by atoms with Crippen molar-refractivity contribution in [3.8, 4) is 0 Å². The number of nitrogen functional groups attached to an aromatic ring is 1. The Bertz CT molecular complexity index is 554. The predicted octanol–water partition coefficient (Wildman–Crippen LogP) is 2.05. The van der Waals surface area contributed by atoms with E-state index < -0.39 is 5.91 Å². The van der Waals surface area contributed by atoms with Crippen molar-refractivity contribution in [1.29, 1.82) is 0 Å². The Balaban J connectivity index is 2.04. The SMILES string of the molecule is NC(=O)c1cccc(CSc2ccc(N)nc2)c1. The molecule has 0 saturated carbocycles. The lowest BCUT2D eigenvalue weighted by Crippen LogP contribution is -2.10. The highest BCUT2D eigenvalue weighted by molar-refractivity contribution is 7.98. The fourth-order valence-corrected chi connectivity index (χ4v) is 2.26. The highest BCUT2D eigenvalue weighted by atomic mass is 32.2. The van der Waals surface area contributed by atoms with Gasteiger partial charge in [-0.1, -0.05) is 12.1 Å². The van der Waals surface area contributed by atoms with E-state index in [0.717, 1.165) is 16.2 Å². The van der Waals surface area contributed by atoms with Crippen LogP contribution in [-0.2, 0) is 5.75 Å². The maximum absolute atomic E-state index is 11.1. The number of hydrogen-bond acceptors (Lipinski definition) is 4. The van der Waals surface area contributed by atoms with E-state index in [4.69, 9.17) is 11.5 Å². The van der Waals surface area contributed by atoms with Gasteiger partial charge in [0.1, 0.15) is 5.82 Å². The van der Waals surface area contributed by atoms with Crippen molar-refractivity contribution in [2.75, 3.05) is 5.73 Å². The zero-order valence-corrected chi connectivity index (χ0v) is 10.5. The van der Waals surface area contributed by atoms with E-state index in [-0.39, 0.29) is 0 Å². The van der Waals surface area contributed by atoms with E-state index in [1.54, 1.807) is 36.2 Å². The van der Waals surface area contributed by atoms with Crippen LogP contribution >= 0.6 is 11.8 Å². The Morgan fingerprint density at radius 3 is 2.78 bits per heavy atom. The minimum absolute atomic E-state index is 0.406. The molecule has 1 aromatic heterocycles. The highest BCUT2D eigenvalue weighted by Gasteiger charge is 2.02. The van der Waals surface area contributed by atoms with Crippen LogP contribution in [0.3, 0.4) is 0 Å². The van der Waals surface area contributed by atoms with E-state index in [1.165, 1.54) is 0 Å². The van der Waals surface area contributed by atoms with Crippen LogP contribution in [-0.4, -0.2) is 10.9 Å². The minimum atomic E-state index is -0.406. The summed E-state index contributed by atoms with van der Waals surface area (Å²) in [5.74, 6) is 0.860. The Hall–Kier alpha value is -2.01. The second kappa shape index (κ2) is 5.55. The molecule has 1 aromatic carbocycles. The number of rotatable bonds is 4. The molecule has 0 saturated heterocycles. The summed E-state index contributed by atoms with van der Waals surface area (Å²) in [5, 5.41) is 0. The first-order chi connectivity index (χ1) is 8.65. The molecule has 0 aliphatic heterocycles. The number of carbonyl (C=O) groups excluding carboxylic acids is 1. The van der Waals surface area contributed by atoms with Crippen molar-refractivity contribution in [2.45, 2.75) is 10.6 Å². The summed E-state index contributed by atoms with van der Waals surface area (Å²) in [6.45, 7) is 0. The second-order valence-electron chi connectivity index (χ2n) is 3.77. The Labute approximate surface area is 109 Å². The van der Waals surface area contributed by atoms with E-state index in [0.29, 0.717) is 11.4 Å². The predicted molar refractivity (Wildman–Crippen MR) is 73.2 cm³/mol. The number of pyridine rings is 1. The Kier molecular flexibility index (Phi) is 3.84. The first-order valence-electron chi connectivity index (χ1n) is 5.38. The van der Waals surface area contributed by atoms with Gasteiger partial charge in [-0.2, -0.15) is 0 Å². The Morgan fingerprint density at radius 2 is 2.11 bits per heavy atom. The molecule has 0 aliphatic rings. The fraction of sp³-hybridized carbons (Fsp3) is 0.0769. The summed E-state index contributed by atoms with van der Waals surface area (Å²) in [5.41, 5.74) is 12.3. The fourth-order valence-electron chi connectivity index (χ4n) is 1.46. The van der Waals surface area contributed by atoms with Crippen LogP contribution in [0.2, 0.25) is 0 Å². The zero-order valence-electron chi connectivity index (χ0n) is 9.67. The maximum Gasteiger partial charge on any atom is 0.248 e. The summed E-state index contributed by atoms with van der Waals surface area (Å²) in [4.78, 5) is 16.1.